The average Bonchev–Trinajstić information content (AvgIpc) is 1.85. The molecule has 0 bridgehead atoms. The lowest BCUT2D eigenvalue weighted by Gasteiger charge is -2.32. The van der Waals surface area contributed by atoms with Gasteiger partial charge in [0.25, 0.3) is 0 Å². The van der Waals surface area contributed by atoms with Crippen molar-refractivity contribution in [1.29, 1.82) is 0 Å². The van der Waals surface area contributed by atoms with Gasteiger partial charge in [-0.15, -0.1) is 0 Å². The summed E-state index contributed by atoms with van der Waals surface area (Å²) in [5.41, 5.74) is 0. The molecule has 1 heterocycles. The number of carboxylic acids is 1. The molecule has 0 spiro atoms. The van der Waals surface area contributed by atoms with Gasteiger partial charge in [0, 0.05) is 13.1 Å². The van der Waals surface area contributed by atoms with Gasteiger partial charge in [-0.1, -0.05) is 0 Å². The van der Waals surface area contributed by atoms with Crippen LogP contribution < -0.4 is 0 Å². The van der Waals surface area contributed by atoms with E-state index in [1.165, 1.54) is 0 Å². The second-order valence-corrected chi connectivity index (χ2v) is 2.99. The van der Waals surface area contributed by atoms with Crippen LogP contribution in [-0.2, 0) is 9.53 Å². The Morgan fingerprint density at radius 1 is 1.64 bits per heavy atom. The molecule has 0 aromatic carbocycles. The first-order valence-electron chi connectivity index (χ1n) is 3.66. The summed E-state index contributed by atoms with van der Waals surface area (Å²) in [6, 6.07) is 0. The van der Waals surface area contributed by atoms with Crippen molar-refractivity contribution < 1.29 is 14.6 Å². The molecule has 4 heteroatoms. The Morgan fingerprint density at radius 2 is 2.27 bits per heavy atom. The third-order valence-corrected chi connectivity index (χ3v) is 1.72. The molecular weight excluding hydrogens is 146 g/mol. The topological polar surface area (TPSA) is 49.8 Å². The van der Waals surface area contributed by atoms with Gasteiger partial charge in [-0.2, -0.15) is 0 Å². The number of carboxylic acid groups (broad SMARTS) is 1. The lowest BCUT2D eigenvalue weighted by atomic mass is 10.2. The number of ether oxygens (including phenoxy) is 1. The van der Waals surface area contributed by atoms with Gasteiger partial charge >= 0.3 is 5.97 Å². The van der Waals surface area contributed by atoms with Crippen LogP contribution in [-0.4, -0.2) is 48.3 Å². The maximum absolute atomic E-state index is 10.5. The molecular formula is C7H13NO3. The summed E-state index contributed by atoms with van der Waals surface area (Å²) >= 11 is 0. The largest absolute Gasteiger partial charge is 0.479 e. The zero-order chi connectivity index (χ0) is 8.43. The first-order valence-corrected chi connectivity index (χ1v) is 3.66. The number of likely N-dealkylation sites (N-methyl/N-ethyl adjacent to an activating group) is 1. The fraction of sp³-hybridized carbons (Fsp3) is 0.857. The quantitative estimate of drug-likeness (QED) is 0.575. The van der Waals surface area contributed by atoms with Crippen molar-refractivity contribution in [3.05, 3.63) is 0 Å². The number of hydrogen-bond donors (Lipinski definition) is 1. The highest BCUT2D eigenvalue weighted by molar-refractivity contribution is 5.72. The highest BCUT2D eigenvalue weighted by Gasteiger charge is 2.27. The summed E-state index contributed by atoms with van der Waals surface area (Å²) in [5.74, 6) is -0.872. The predicted molar refractivity (Wildman–Crippen MR) is 39.5 cm³/mol. The van der Waals surface area contributed by atoms with Crippen LogP contribution >= 0.6 is 0 Å². The van der Waals surface area contributed by atoms with E-state index in [1.807, 2.05) is 18.9 Å². The fourth-order valence-electron chi connectivity index (χ4n) is 1.30. The Hall–Kier alpha value is -0.610. The van der Waals surface area contributed by atoms with Gasteiger partial charge in [0.1, 0.15) is 0 Å². The summed E-state index contributed by atoms with van der Waals surface area (Å²) in [4.78, 5) is 12.5. The predicted octanol–water partition coefficient (Wildman–Crippen LogP) is -0.210. The van der Waals surface area contributed by atoms with Gasteiger partial charge in [-0.05, 0) is 14.0 Å². The number of carbonyl (C=O) groups is 1. The van der Waals surface area contributed by atoms with Crippen LogP contribution in [0.3, 0.4) is 0 Å². The highest BCUT2D eigenvalue weighted by Crippen LogP contribution is 2.08. The van der Waals surface area contributed by atoms with Gasteiger partial charge in [0.05, 0.1) is 6.10 Å². The second-order valence-electron chi connectivity index (χ2n) is 2.99. The number of morpholine rings is 1. The van der Waals surface area contributed by atoms with Crippen molar-refractivity contribution >= 4 is 5.97 Å². The van der Waals surface area contributed by atoms with E-state index in [0.717, 1.165) is 6.54 Å². The zero-order valence-electron chi connectivity index (χ0n) is 6.78. The van der Waals surface area contributed by atoms with Crippen molar-refractivity contribution in [2.24, 2.45) is 0 Å². The molecule has 0 aliphatic carbocycles. The Bertz CT molecular complexity index is 150. The number of nitrogens with zero attached hydrogens (tertiary/aromatic N) is 1. The molecule has 0 aromatic rings. The van der Waals surface area contributed by atoms with Crippen LogP contribution in [0.4, 0.5) is 0 Å². The van der Waals surface area contributed by atoms with Crippen LogP contribution in [0.25, 0.3) is 0 Å². The van der Waals surface area contributed by atoms with E-state index in [2.05, 4.69) is 0 Å². The molecule has 1 rings (SSSR count). The van der Waals surface area contributed by atoms with E-state index >= 15 is 0 Å². The zero-order valence-corrected chi connectivity index (χ0v) is 6.78. The normalized spacial score (nSPS) is 33.6. The number of aliphatic carboxylic acids is 1. The molecule has 11 heavy (non-hydrogen) atoms. The smallest absolute Gasteiger partial charge is 0.334 e. The minimum atomic E-state index is -0.872. The molecule has 0 aromatic heterocycles. The summed E-state index contributed by atoms with van der Waals surface area (Å²) in [6.07, 6.45) is -0.626. The van der Waals surface area contributed by atoms with Gasteiger partial charge < -0.3 is 14.7 Å². The van der Waals surface area contributed by atoms with E-state index in [1.54, 1.807) is 0 Å². The maximum Gasteiger partial charge on any atom is 0.334 e. The molecule has 1 aliphatic heterocycles. The lowest BCUT2D eigenvalue weighted by molar-refractivity contribution is -0.161. The summed E-state index contributed by atoms with van der Waals surface area (Å²) in [6.45, 7) is 3.18. The van der Waals surface area contributed by atoms with E-state index in [9.17, 15) is 4.79 Å². The van der Waals surface area contributed by atoms with E-state index < -0.39 is 12.1 Å². The molecule has 2 atom stereocenters. The molecule has 1 aliphatic rings. The lowest BCUT2D eigenvalue weighted by Crippen LogP contribution is -2.47. The van der Waals surface area contributed by atoms with Crippen LogP contribution in [0.5, 0.6) is 0 Å². The molecule has 0 saturated carbocycles. The van der Waals surface area contributed by atoms with Crippen molar-refractivity contribution in [1.82, 2.24) is 4.90 Å². The Labute approximate surface area is 65.8 Å². The van der Waals surface area contributed by atoms with Gasteiger partial charge in [0.15, 0.2) is 6.10 Å². The van der Waals surface area contributed by atoms with E-state index in [0.29, 0.717) is 6.54 Å². The molecule has 1 N–H and O–H groups in total. The van der Waals surface area contributed by atoms with Crippen molar-refractivity contribution in [3.63, 3.8) is 0 Å². The maximum atomic E-state index is 10.5. The molecule has 1 fully saturated rings. The van der Waals surface area contributed by atoms with Crippen molar-refractivity contribution in [3.8, 4) is 0 Å². The van der Waals surface area contributed by atoms with Gasteiger partial charge in [0.2, 0.25) is 0 Å². The van der Waals surface area contributed by atoms with Crippen molar-refractivity contribution in [2.75, 3.05) is 20.1 Å². The molecule has 0 unspecified atom stereocenters. The SMILES string of the molecule is C[C@@H]1CN(C)C[C@@H](C(=O)O)O1. The third-order valence-electron chi connectivity index (χ3n) is 1.72. The fourth-order valence-corrected chi connectivity index (χ4v) is 1.30. The van der Waals surface area contributed by atoms with E-state index in [-0.39, 0.29) is 6.10 Å². The molecule has 0 radical (unpaired) electrons. The average molecular weight is 159 g/mol. The van der Waals surface area contributed by atoms with Gasteiger partial charge in [-0.25, -0.2) is 4.79 Å². The standard InChI is InChI=1S/C7H13NO3/c1-5-3-8(2)4-6(11-5)7(9)10/h5-6H,3-4H2,1-2H3,(H,9,10)/t5-,6+/m1/s1. The Kier molecular flexibility index (Phi) is 2.46. The van der Waals surface area contributed by atoms with Crippen LogP contribution in [0.1, 0.15) is 6.92 Å². The third kappa shape index (κ3) is 2.17. The monoisotopic (exact) mass is 159 g/mol. The summed E-state index contributed by atoms with van der Waals surface area (Å²) in [5, 5.41) is 8.62. The Balaban J connectivity index is 2.49. The molecule has 1 saturated heterocycles. The van der Waals surface area contributed by atoms with Crippen LogP contribution in [0, 0.1) is 0 Å². The Morgan fingerprint density at radius 3 is 2.73 bits per heavy atom. The summed E-state index contributed by atoms with van der Waals surface area (Å²) < 4.78 is 5.18. The number of hydrogen-bond acceptors (Lipinski definition) is 3. The minimum absolute atomic E-state index is 0.0230. The van der Waals surface area contributed by atoms with E-state index in [4.69, 9.17) is 9.84 Å². The van der Waals surface area contributed by atoms with Gasteiger partial charge in [-0.3, -0.25) is 0 Å². The van der Waals surface area contributed by atoms with Crippen LogP contribution in [0.15, 0.2) is 0 Å². The molecule has 4 nitrogen and oxygen atoms in total. The first-order chi connectivity index (χ1) is 5.09. The van der Waals surface area contributed by atoms with Crippen molar-refractivity contribution in [2.45, 2.75) is 19.1 Å². The van der Waals surface area contributed by atoms with Crippen LogP contribution in [0.2, 0.25) is 0 Å². The molecule has 0 amide bonds. The first kappa shape index (κ1) is 8.49. The summed E-state index contributed by atoms with van der Waals surface area (Å²) in [7, 11) is 1.90. The number of rotatable bonds is 1. The highest BCUT2D eigenvalue weighted by atomic mass is 16.5. The second kappa shape index (κ2) is 3.19. The minimum Gasteiger partial charge on any atom is -0.479 e. The molecule has 64 valence electrons.